The summed E-state index contributed by atoms with van der Waals surface area (Å²) < 4.78 is 0. The van der Waals surface area contributed by atoms with Gasteiger partial charge in [-0.25, -0.2) is 0 Å². The van der Waals surface area contributed by atoms with E-state index < -0.39 is 0 Å². The maximum Gasteiger partial charge on any atom is 0.254 e. The minimum absolute atomic E-state index is 0.164. The number of fused-ring (bicyclic) bond motifs is 5. The van der Waals surface area contributed by atoms with E-state index in [1.165, 1.54) is 18.3 Å². The predicted octanol–water partition coefficient (Wildman–Crippen LogP) is 1.53. The highest BCUT2D eigenvalue weighted by Gasteiger charge is 2.59. The summed E-state index contributed by atoms with van der Waals surface area (Å²) in [6.45, 7) is 0. The fourth-order valence-electron chi connectivity index (χ4n) is 3.69. The molecule has 1 N–H and O–H groups in total. The van der Waals surface area contributed by atoms with Crippen molar-refractivity contribution in [1.29, 1.82) is 0 Å². The third kappa shape index (κ3) is 1.73. The monoisotopic (exact) mass is 282 g/mol. The summed E-state index contributed by atoms with van der Waals surface area (Å²) in [6, 6.07) is 6.42. The molecule has 4 unspecified atom stereocenters. The molecule has 4 atom stereocenters. The Balaban J connectivity index is 1.58. The fraction of sp³-hybridized carbons (Fsp3) is 0.312. The van der Waals surface area contributed by atoms with Crippen LogP contribution in [0.5, 0.6) is 5.75 Å². The highest BCUT2D eigenvalue weighted by molar-refractivity contribution is 6.06. The fourth-order valence-corrected chi connectivity index (χ4v) is 3.69. The number of phenolic OH excluding ortho intramolecular Hbond substituents is 1. The molecule has 1 saturated carbocycles. The van der Waals surface area contributed by atoms with E-state index >= 15 is 0 Å². The summed E-state index contributed by atoms with van der Waals surface area (Å²) >= 11 is 0. The largest absolute Gasteiger partial charge is 0.508 e. The van der Waals surface area contributed by atoms with Crippen molar-refractivity contribution in [1.82, 2.24) is 5.01 Å². The van der Waals surface area contributed by atoms with Crippen molar-refractivity contribution in [2.45, 2.75) is 6.42 Å². The molecule has 1 heterocycles. The number of carbonyl (C=O) groups is 2. The Morgan fingerprint density at radius 1 is 1.05 bits per heavy atom. The number of hydrogen-bond acceptors (Lipinski definition) is 4. The number of aromatic hydroxyl groups is 1. The van der Waals surface area contributed by atoms with E-state index in [1.807, 2.05) is 0 Å². The van der Waals surface area contributed by atoms with Crippen LogP contribution in [0.4, 0.5) is 0 Å². The van der Waals surface area contributed by atoms with Crippen LogP contribution in [0, 0.1) is 23.7 Å². The first-order valence-corrected chi connectivity index (χ1v) is 7.04. The zero-order valence-corrected chi connectivity index (χ0v) is 11.2. The average molecular weight is 282 g/mol. The van der Waals surface area contributed by atoms with Gasteiger partial charge in [0.2, 0.25) is 0 Å². The van der Waals surface area contributed by atoms with E-state index in [-0.39, 0.29) is 41.2 Å². The van der Waals surface area contributed by atoms with Gasteiger partial charge in [0.15, 0.2) is 0 Å². The number of allylic oxidation sites excluding steroid dienone is 2. The quantitative estimate of drug-likeness (QED) is 0.508. The lowest BCUT2D eigenvalue weighted by atomic mass is 9.85. The number of hydrogen-bond donors (Lipinski definition) is 1. The van der Waals surface area contributed by atoms with Crippen LogP contribution in [0.1, 0.15) is 12.0 Å². The Bertz CT molecular complexity index is 647. The van der Waals surface area contributed by atoms with Crippen LogP contribution in [0.15, 0.2) is 41.5 Å². The molecule has 1 aliphatic heterocycles. The van der Waals surface area contributed by atoms with Crippen LogP contribution >= 0.6 is 0 Å². The Hall–Kier alpha value is -2.43. The lowest BCUT2D eigenvalue weighted by molar-refractivity contribution is -0.140. The second-order valence-electron chi connectivity index (χ2n) is 5.82. The number of amides is 2. The van der Waals surface area contributed by atoms with Crippen molar-refractivity contribution < 1.29 is 14.7 Å². The molecule has 0 spiro atoms. The van der Waals surface area contributed by atoms with Gasteiger partial charge < -0.3 is 5.11 Å². The number of rotatable bonds is 2. The van der Waals surface area contributed by atoms with Crippen molar-refractivity contribution in [3.05, 3.63) is 42.0 Å². The molecule has 5 nitrogen and oxygen atoms in total. The van der Waals surface area contributed by atoms with E-state index in [4.69, 9.17) is 0 Å². The predicted molar refractivity (Wildman–Crippen MR) is 75.3 cm³/mol. The van der Waals surface area contributed by atoms with E-state index in [2.05, 4.69) is 17.3 Å². The van der Waals surface area contributed by atoms with Gasteiger partial charge in [-0.1, -0.05) is 12.2 Å². The van der Waals surface area contributed by atoms with Crippen molar-refractivity contribution in [3.63, 3.8) is 0 Å². The molecule has 106 valence electrons. The van der Waals surface area contributed by atoms with Gasteiger partial charge in [-0.2, -0.15) is 10.1 Å². The molecule has 2 amide bonds. The number of hydrazone groups is 1. The highest BCUT2D eigenvalue weighted by atomic mass is 16.3. The van der Waals surface area contributed by atoms with Crippen molar-refractivity contribution in [2.24, 2.45) is 28.8 Å². The molecule has 3 aliphatic rings. The summed E-state index contributed by atoms with van der Waals surface area (Å²) in [5.74, 6) is -0.240. The Morgan fingerprint density at radius 3 is 2.19 bits per heavy atom. The van der Waals surface area contributed by atoms with Crippen molar-refractivity contribution in [2.75, 3.05) is 0 Å². The molecule has 5 heteroatoms. The van der Waals surface area contributed by atoms with Gasteiger partial charge in [-0.05, 0) is 48.1 Å². The van der Waals surface area contributed by atoms with Crippen LogP contribution in [0.3, 0.4) is 0 Å². The minimum Gasteiger partial charge on any atom is -0.508 e. The van der Waals surface area contributed by atoms with E-state index in [0.29, 0.717) is 0 Å². The molecule has 2 aliphatic carbocycles. The molecule has 1 aromatic rings. The summed E-state index contributed by atoms with van der Waals surface area (Å²) in [5.41, 5.74) is 0.728. The summed E-state index contributed by atoms with van der Waals surface area (Å²) in [5, 5.41) is 14.3. The maximum absolute atomic E-state index is 12.4. The lowest BCUT2D eigenvalue weighted by Crippen LogP contribution is -2.28. The molecule has 4 rings (SSSR count). The van der Waals surface area contributed by atoms with Gasteiger partial charge in [0, 0.05) is 0 Å². The summed E-state index contributed by atoms with van der Waals surface area (Å²) in [7, 11) is 0. The second kappa shape index (κ2) is 4.28. The third-order valence-corrected chi connectivity index (χ3v) is 4.66. The number of carbonyl (C=O) groups excluding carboxylic acids is 2. The lowest BCUT2D eigenvalue weighted by Gasteiger charge is -2.13. The zero-order valence-electron chi connectivity index (χ0n) is 11.2. The molecule has 1 aromatic carbocycles. The van der Waals surface area contributed by atoms with Crippen LogP contribution in [-0.2, 0) is 9.59 Å². The third-order valence-electron chi connectivity index (χ3n) is 4.66. The van der Waals surface area contributed by atoms with Crippen LogP contribution in [0.2, 0.25) is 0 Å². The summed E-state index contributed by atoms with van der Waals surface area (Å²) in [6.07, 6.45) is 6.52. The first kappa shape index (κ1) is 12.3. The van der Waals surface area contributed by atoms with Gasteiger partial charge in [0.25, 0.3) is 11.8 Å². The second-order valence-corrected chi connectivity index (χ2v) is 5.82. The highest BCUT2D eigenvalue weighted by Crippen LogP contribution is 2.52. The molecule has 2 fully saturated rings. The number of imide groups is 1. The first-order chi connectivity index (χ1) is 10.1. The van der Waals surface area contributed by atoms with E-state index in [1.54, 1.807) is 12.1 Å². The molecular formula is C16H14N2O3. The van der Waals surface area contributed by atoms with E-state index in [9.17, 15) is 14.7 Å². The van der Waals surface area contributed by atoms with Crippen LogP contribution in [-0.4, -0.2) is 28.1 Å². The Kier molecular flexibility index (Phi) is 2.51. The van der Waals surface area contributed by atoms with Crippen molar-refractivity contribution >= 4 is 18.0 Å². The normalized spacial score (nSPS) is 33.4. The Morgan fingerprint density at radius 2 is 1.62 bits per heavy atom. The van der Waals surface area contributed by atoms with Gasteiger partial charge in [0.05, 0.1) is 18.1 Å². The molecule has 1 saturated heterocycles. The molecule has 2 bridgehead atoms. The average Bonchev–Trinajstić information content (AvgIpc) is 3.14. The standard InChI is InChI=1S/C16H14N2O3/c19-12-5-1-9(2-6-12)8-17-18-15(20)13-10-3-4-11(7-10)14(13)16(18)21/h1-6,8,10-11,13-14,19H,7H2/b17-8+. The SMILES string of the molecule is O=C1C2C3C=CC(C3)C2C(=O)N1/N=C/c1ccc(O)cc1. The number of nitrogens with zero attached hydrogens (tertiary/aromatic N) is 2. The van der Waals surface area contributed by atoms with Gasteiger partial charge >= 0.3 is 0 Å². The topological polar surface area (TPSA) is 70.0 Å². The maximum atomic E-state index is 12.4. The van der Waals surface area contributed by atoms with Crippen molar-refractivity contribution in [3.8, 4) is 5.75 Å². The minimum atomic E-state index is -0.218. The zero-order chi connectivity index (χ0) is 14.6. The smallest absolute Gasteiger partial charge is 0.254 e. The first-order valence-electron chi connectivity index (χ1n) is 7.04. The van der Waals surface area contributed by atoms with Gasteiger partial charge in [0.1, 0.15) is 5.75 Å². The molecular weight excluding hydrogens is 268 g/mol. The van der Waals surface area contributed by atoms with Gasteiger partial charge in [-0.3, -0.25) is 9.59 Å². The Labute approximate surface area is 121 Å². The summed E-state index contributed by atoms with van der Waals surface area (Å²) in [4.78, 5) is 24.8. The van der Waals surface area contributed by atoms with Crippen LogP contribution in [0.25, 0.3) is 0 Å². The number of phenols is 1. The molecule has 0 aromatic heterocycles. The van der Waals surface area contributed by atoms with E-state index in [0.717, 1.165) is 17.0 Å². The van der Waals surface area contributed by atoms with Crippen LogP contribution < -0.4 is 0 Å². The number of benzene rings is 1. The molecule has 21 heavy (non-hydrogen) atoms. The molecule has 0 radical (unpaired) electrons. The van der Waals surface area contributed by atoms with Gasteiger partial charge in [-0.15, -0.1) is 0 Å².